The van der Waals surface area contributed by atoms with E-state index in [1.807, 2.05) is 12.1 Å². The summed E-state index contributed by atoms with van der Waals surface area (Å²) in [5.74, 6) is 2.44. The summed E-state index contributed by atoms with van der Waals surface area (Å²) in [5.41, 5.74) is 0.769. The van der Waals surface area contributed by atoms with Crippen molar-refractivity contribution in [1.29, 1.82) is 0 Å². The molecule has 0 bridgehead atoms. The molecule has 0 aliphatic heterocycles. The van der Waals surface area contributed by atoms with Gasteiger partial charge in [0.2, 0.25) is 0 Å². The highest BCUT2D eigenvalue weighted by molar-refractivity contribution is 5.22. The summed E-state index contributed by atoms with van der Waals surface area (Å²) in [6.07, 6.45) is 0.808. The Bertz CT molecular complexity index is 576. The summed E-state index contributed by atoms with van der Waals surface area (Å²) < 4.78 is 18.8. The Morgan fingerprint density at radius 1 is 1.37 bits per heavy atom. The zero-order valence-corrected chi connectivity index (χ0v) is 10.8. The number of rotatable bonds is 4. The monoisotopic (exact) mass is 260 g/mol. The van der Waals surface area contributed by atoms with Crippen molar-refractivity contribution >= 4 is 0 Å². The quantitative estimate of drug-likeness (QED) is 0.906. The van der Waals surface area contributed by atoms with Crippen LogP contribution < -0.4 is 0 Å². The first kappa shape index (κ1) is 12.4. The summed E-state index contributed by atoms with van der Waals surface area (Å²) in [7, 11) is 0. The Morgan fingerprint density at radius 3 is 2.84 bits per heavy atom. The molecule has 3 atom stereocenters. The Kier molecular flexibility index (Phi) is 3.15. The maximum atomic E-state index is 13.1. The average Bonchev–Trinajstić information content (AvgIpc) is 2.91. The van der Waals surface area contributed by atoms with Crippen LogP contribution in [0.2, 0.25) is 0 Å². The third kappa shape index (κ3) is 2.71. The van der Waals surface area contributed by atoms with E-state index in [1.54, 1.807) is 12.1 Å². The summed E-state index contributed by atoms with van der Waals surface area (Å²) in [4.78, 5) is 0. The van der Waals surface area contributed by atoms with Crippen LogP contribution in [0.3, 0.4) is 0 Å². The normalized spacial score (nSPS) is 23.3. The van der Waals surface area contributed by atoms with Gasteiger partial charge in [-0.05, 0) is 42.2 Å². The van der Waals surface area contributed by atoms with E-state index in [9.17, 15) is 9.50 Å². The van der Waals surface area contributed by atoms with Crippen LogP contribution >= 0.6 is 0 Å². The fourth-order valence-corrected chi connectivity index (χ4v) is 2.45. The third-order valence-corrected chi connectivity index (χ3v) is 3.77. The first-order chi connectivity index (χ1) is 9.13. The van der Waals surface area contributed by atoms with Crippen LogP contribution in [0.4, 0.5) is 4.39 Å². The van der Waals surface area contributed by atoms with Crippen LogP contribution in [0.1, 0.15) is 42.5 Å². The van der Waals surface area contributed by atoms with Gasteiger partial charge < -0.3 is 9.52 Å². The third-order valence-electron chi connectivity index (χ3n) is 3.77. The van der Waals surface area contributed by atoms with Crippen LogP contribution in [-0.2, 0) is 6.42 Å². The second kappa shape index (κ2) is 4.82. The van der Waals surface area contributed by atoms with Crippen LogP contribution in [0.5, 0.6) is 0 Å². The lowest BCUT2D eigenvalue weighted by Crippen LogP contribution is -2.00. The Labute approximate surface area is 111 Å². The van der Waals surface area contributed by atoms with E-state index < -0.39 is 6.10 Å². The maximum Gasteiger partial charge on any atom is 0.133 e. The van der Waals surface area contributed by atoms with E-state index >= 15 is 0 Å². The Hall–Kier alpha value is -1.61. The number of hydrogen-bond acceptors (Lipinski definition) is 2. The van der Waals surface area contributed by atoms with Crippen molar-refractivity contribution in [2.24, 2.45) is 5.92 Å². The molecule has 3 rings (SSSR count). The van der Waals surface area contributed by atoms with Crippen molar-refractivity contribution in [2.45, 2.75) is 31.8 Å². The molecular weight excluding hydrogens is 243 g/mol. The minimum Gasteiger partial charge on any atom is -0.463 e. The highest BCUT2D eigenvalue weighted by Gasteiger charge is 2.36. The molecule has 0 saturated heterocycles. The van der Waals surface area contributed by atoms with Crippen LogP contribution in [0, 0.1) is 11.7 Å². The first-order valence-electron chi connectivity index (χ1n) is 6.65. The predicted molar refractivity (Wildman–Crippen MR) is 70.3 cm³/mol. The number of halogens is 1. The zero-order chi connectivity index (χ0) is 13.4. The lowest BCUT2D eigenvalue weighted by atomic mass is 10.1. The minimum absolute atomic E-state index is 0.281. The topological polar surface area (TPSA) is 33.4 Å². The molecule has 2 nitrogen and oxygen atoms in total. The van der Waals surface area contributed by atoms with E-state index in [0.29, 0.717) is 24.0 Å². The van der Waals surface area contributed by atoms with Gasteiger partial charge in [-0.2, -0.15) is 0 Å². The molecular formula is C16H17FO2. The van der Waals surface area contributed by atoms with Crippen molar-refractivity contribution in [1.82, 2.24) is 0 Å². The van der Waals surface area contributed by atoms with E-state index in [-0.39, 0.29) is 5.82 Å². The molecule has 100 valence electrons. The molecule has 1 aromatic heterocycles. The van der Waals surface area contributed by atoms with Crippen LogP contribution in [-0.4, -0.2) is 5.11 Å². The second-order valence-electron chi connectivity index (χ2n) is 5.41. The summed E-state index contributed by atoms with van der Waals surface area (Å²) in [6, 6.07) is 10.1. The first-order valence-corrected chi connectivity index (χ1v) is 6.65. The van der Waals surface area contributed by atoms with E-state index in [0.717, 1.165) is 17.7 Å². The number of hydrogen-bond donors (Lipinski definition) is 1. The molecule has 0 amide bonds. The Balaban J connectivity index is 1.70. The van der Waals surface area contributed by atoms with Gasteiger partial charge in [0.1, 0.15) is 23.4 Å². The number of aliphatic hydroxyl groups is 1. The minimum atomic E-state index is -0.718. The predicted octanol–water partition coefficient (Wildman–Crippen LogP) is 3.82. The fourth-order valence-electron chi connectivity index (χ4n) is 2.45. The summed E-state index contributed by atoms with van der Waals surface area (Å²) in [6.45, 7) is 2.19. The van der Waals surface area contributed by atoms with Gasteiger partial charge in [-0.1, -0.05) is 19.1 Å². The molecule has 1 aliphatic carbocycles. The highest BCUT2D eigenvalue weighted by Crippen LogP contribution is 2.47. The number of aliphatic hydroxyl groups excluding tert-OH is 1. The zero-order valence-electron chi connectivity index (χ0n) is 10.8. The second-order valence-corrected chi connectivity index (χ2v) is 5.41. The van der Waals surface area contributed by atoms with E-state index in [2.05, 4.69) is 6.92 Å². The maximum absolute atomic E-state index is 13.1. The molecule has 1 aromatic carbocycles. The number of benzene rings is 1. The largest absolute Gasteiger partial charge is 0.463 e. The molecule has 1 fully saturated rings. The van der Waals surface area contributed by atoms with Gasteiger partial charge in [0.15, 0.2) is 0 Å². The van der Waals surface area contributed by atoms with Gasteiger partial charge in [0, 0.05) is 12.3 Å². The number of furan rings is 1. The smallest absolute Gasteiger partial charge is 0.133 e. The van der Waals surface area contributed by atoms with Gasteiger partial charge in [0.25, 0.3) is 0 Å². The van der Waals surface area contributed by atoms with Crippen LogP contribution in [0.15, 0.2) is 40.8 Å². The van der Waals surface area contributed by atoms with Gasteiger partial charge in [-0.3, -0.25) is 0 Å². The van der Waals surface area contributed by atoms with Crippen molar-refractivity contribution in [3.05, 3.63) is 59.3 Å². The summed E-state index contributed by atoms with van der Waals surface area (Å²) >= 11 is 0. The fraction of sp³-hybridized carbons (Fsp3) is 0.375. The molecule has 3 unspecified atom stereocenters. The van der Waals surface area contributed by atoms with Crippen LogP contribution in [0.25, 0.3) is 0 Å². The molecule has 1 N–H and O–H groups in total. The van der Waals surface area contributed by atoms with Gasteiger partial charge >= 0.3 is 0 Å². The SMILES string of the molecule is CC1CC1c1ccc(C(O)Cc2cccc(F)c2)o1. The van der Waals surface area contributed by atoms with Gasteiger partial charge in [-0.25, -0.2) is 4.39 Å². The molecule has 3 heteroatoms. The average molecular weight is 260 g/mol. The molecule has 1 aliphatic rings. The van der Waals surface area contributed by atoms with E-state index in [4.69, 9.17) is 4.42 Å². The van der Waals surface area contributed by atoms with Gasteiger partial charge in [0.05, 0.1) is 0 Å². The van der Waals surface area contributed by atoms with Gasteiger partial charge in [-0.15, -0.1) is 0 Å². The van der Waals surface area contributed by atoms with Crippen molar-refractivity contribution in [3.8, 4) is 0 Å². The molecule has 0 spiro atoms. The van der Waals surface area contributed by atoms with Crippen molar-refractivity contribution < 1.29 is 13.9 Å². The molecule has 1 saturated carbocycles. The lowest BCUT2D eigenvalue weighted by Gasteiger charge is -2.08. The standard InChI is InChI=1S/C16H17FO2/c1-10-7-13(10)15-5-6-16(19-15)14(18)9-11-3-2-4-12(17)8-11/h2-6,8,10,13-14,18H,7,9H2,1H3. The highest BCUT2D eigenvalue weighted by atomic mass is 19.1. The Morgan fingerprint density at radius 2 is 2.16 bits per heavy atom. The molecule has 1 heterocycles. The van der Waals surface area contributed by atoms with Crippen molar-refractivity contribution in [2.75, 3.05) is 0 Å². The molecule has 0 radical (unpaired) electrons. The molecule has 19 heavy (non-hydrogen) atoms. The van der Waals surface area contributed by atoms with E-state index in [1.165, 1.54) is 12.1 Å². The van der Waals surface area contributed by atoms with Crippen molar-refractivity contribution in [3.63, 3.8) is 0 Å². The summed E-state index contributed by atoms with van der Waals surface area (Å²) in [5, 5.41) is 10.1. The molecule has 2 aromatic rings. The lowest BCUT2D eigenvalue weighted by molar-refractivity contribution is 0.148.